The number of nitrogens with zero attached hydrogens (tertiary/aromatic N) is 4. The summed E-state index contributed by atoms with van der Waals surface area (Å²) in [6.45, 7) is 6.07. The Kier molecular flexibility index (Phi) is 7.28. The van der Waals surface area contributed by atoms with Gasteiger partial charge in [0.1, 0.15) is 18.2 Å². The van der Waals surface area contributed by atoms with E-state index < -0.39 is 0 Å². The third kappa shape index (κ3) is 5.76. The summed E-state index contributed by atoms with van der Waals surface area (Å²) in [7, 11) is 0. The van der Waals surface area contributed by atoms with E-state index in [0.29, 0.717) is 26.2 Å². The summed E-state index contributed by atoms with van der Waals surface area (Å²) in [5.74, 6) is 1.72. The molecule has 0 spiro atoms. The van der Waals surface area contributed by atoms with E-state index in [9.17, 15) is 0 Å². The van der Waals surface area contributed by atoms with Crippen LogP contribution in [-0.2, 0) is 24.3 Å². The maximum atomic E-state index is 6.23. The SMILES string of the molecule is C1=CCOCc2cc(ccc2OCCN2CCCC2)Cc2nccc(n2)-c2ccc3c(ccn3CC1)c2. The lowest BCUT2D eigenvalue weighted by molar-refractivity contribution is 0.144. The first-order chi connectivity index (χ1) is 18.3. The van der Waals surface area contributed by atoms with E-state index in [1.807, 2.05) is 12.3 Å². The zero-order valence-electron chi connectivity index (χ0n) is 21.3. The second-order valence-corrected chi connectivity index (χ2v) is 9.93. The van der Waals surface area contributed by atoms with Crippen LogP contribution in [0.5, 0.6) is 5.75 Å². The van der Waals surface area contributed by atoms with Crippen molar-refractivity contribution in [3.05, 3.63) is 90.0 Å². The molecule has 0 amide bonds. The molecule has 3 aliphatic heterocycles. The molecule has 0 aliphatic carbocycles. The predicted molar refractivity (Wildman–Crippen MR) is 147 cm³/mol. The van der Waals surface area contributed by atoms with Gasteiger partial charge in [0.05, 0.1) is 18.9 Å². The smallest absolute Gasteiger partial charge is 0.133 e. The molecule has 37 heavy (non-hydrogen) atoms. The average molecular weight is 495 g/mol. The minimum atomic E-state index is 0.514. The van der Waals surface area contributed by atoms with Crippen LogP contribution in [0.1, 0.15) is 36.2 Å². The van der Waals surface area contributed by atoms with E-state index in [-0.39, 0.29) is 0 Å². The first-order valence-corrected chi connectivity index (χ1v) is 13.4. The minimum absolute atomic E-state index is 0.514. The Morgan fingerprint density at radius 3 is 2.84 bits per heavy atom. The summed E-state index contributed by atoms with van der Waals surface area (Å²) in [5, 5.41) is 1.23. The Labute approximate surface area is 218 Å². The van der Waals surface area contributed by atoms with Crippen molar-refractivity contribution in [2.45, 2.75) is 38.8 Å². The first-order valence-electron chi connectivity index (χ1n) is 13.4. The second kappa shape index (κ2) is 11.3. The summed E-state index contributed by atoms with van der Waals surface area (Å²) in [6, 6.07) is 17.2. The standard InChI is InChI=1S/C31H34N4O2/c1-2-15-35-16-11-26-22-25(7-8-29(26)35)28-10-12-32-31(33-28)21-24-6-9-30(27(20-24)23-36-18-5-1)37-19-17-34-13-3-4-14-34/h1,5-12,16,20,22H,2-4,13-15,17-19,21,23H2. The highest BCUT2D eigenvalue weighted by molar-refractivity contribution is 5.85. The molecule has 7 rings (SSSR count). The second-order valence-electron chi connectivity index (χ2n) is 9.93. The molecule has 0 atom stereocenters. The van der Waals surface area contributed by atoms with Crippen LogP contribution in [0.4, 0.5) is 0 Å². The van der Waals surface area contributed by atoms with Gasteiger partial charge in [-0.3, -0.25) is 4.90 Å². The van der Waals surface area contributed by atoms with Crippen molar-refractivity contribution in [2.75, 3.05) is 32.8 Å². The summed E-state index contributed by atoms with van der Waals surface area (Å²) in [4.78, 5) is 12.0. The van der Waals surface area contributed by atoms with Gasteiger partial charge in [0.15, 0.2) is 0 Å². The maximum Gasteiger partial charge on any atom is 0.133 e. The lowest BCUT2D eigenvalue weighted by atomic mass is 10.1. The Balaban J connectivity index is 1.27. The molecule has 2 aromatic carbocycles. The van der Waals surface area contributed by atoms with Crippen molar-refractivity contribution in [3.63, 3.8) is 0 Å². The van der Waals surface area contributed by atoms with Crippen molar-refractivity contribution in [1.29, 1.82) is 0 Å². The molecule has 4 aromatic rings. The zero-order chi connectivity index (χ0) is 24.9. The van der Waals surface area contributed by atoms with Gasteiger partial charge in [-0.2, -0.15) is 0 Å². The maximum absolute atomic E-state index is 6.23. The fourth-order valence-corrected chi connectivity index (χ4v) is 5.31. The lowest BCUT2D eigenvalue weighted by Crippen LogP contribution is -2.25. The molecule has 3 aliphatic rings. The fourth-order valence-electron chi connectivity index (χ4n) is 5.31. The monoisotopic (exact) mass is 494 g/mol. The number of aromatic nitrogens is 3. The van der Waals surface area contributed by atoms with Crippen LogP contribution in [-0.4, -0.2) is 52.3 Å². The number of benzene rings is 2. The molecule has 6 nitrogen and oxygen atoms in total. The Morgan fingerprint density at radius 1 is 0.946 bits per heavy atom. The number of fused-ring (bicyclic) bond motifs is 6. The fraction of sp³-hybridized carbons (Fsp3) is 0.355. The molecule has 0 saturated carbocycles. The number of hydrogen-bond acceptors (Lipinski definition) is 5. The van der Waals surface area contributed by atoms with Crippen molar-refractivity contribution < 1.29 is 9.47 Å². The Morgan fingerprint density at radius 2 is 1.89 bits per heavy atom. The summed E-state index contributed by atoms with van der Waals surface area (Å²) in [5.41, 5.74) is 5.54. The predicted octanol–water partition coefficient (Wildman–Crippen LogP) is 5.64. The molecule has 8 bridgehead atoms. The number of ether oxygens (including phenoxy) is 2. The van der Waals surface area contributed by atoms with E-state index in [1.165, 1.54) is 36.8 Å². The van der Waals surface area contributed by atoms with Crippen LogP contribution in [0.3, 0.4) is 0 Å². The van der Waals surface area contributed by atoms with Crippen LogP contribution < -0.4 is 4.74 Å². The summed E-state index contributed by atoms with van der Waals surface area (Å²) < 4.78 is 14.6. The van der Waals surface area contributed by atoms with Gasteiger partial charge in [0.2, 0.25) is 0 Å². The molecule has 2 aromatic heterocycles. The van der Waals surface area contributed by atoms with Crippen LogP contribution >= 0.6 is 0 Å². The number of allylic oxidation sites excluding steroid dienone is 1. The highest BCUT2D eigenvalue weighted by atomic mass is 16.5. The normalized spacial score (nSPS) is 16.6. The third-order valence-electron chi connectivity index (χ3n) is 7.30. The highest BCUT2D eigenvalue weighted by Crippen LogP contribution is 2.26. The summed E-state index contributed by atoms with van der Waals surface area (Å²) in [6.07, 6.45) is 12.6. The lowest BCUT2D eigenvalue weighted by Gasteiger charge is -2.17. The Bertz CT molecular complexity index is 1390. The molecule has 0 radical (unpaired) electrons. The topological polar surface area (TPSA) is 52.4 Å². The van der Waals surface area contributed by atoms with E-state index in [0.717, 1.165) is 53.5 Å². The van der Waals surface area contributed by atoms with Crippen molar-refractivity contribution >= 4 is 10.9 Å². The largest absolute Gasteiger partial charge is 0.492 e. The van der Waals surface area contributed by atoms with Gasteiger partial charge in [0.25, 0.3) is 0 Å². The van der Waals surface area contributed by atoms with E-state index in [1.54, 1.807) is 0 Å². The number of aryl methyl sites for hydroxylation is 1. The minimum Gasteiger partial charge on any atom is -0.492 e. The molecule has 5 heterocycles. The molecule has 1 fully saturated rings. The van der Waals surface area contributed by atoms with Gasteiger partial charge >= 0.3 is 0 Å². The van der Waals surface area contributed by atoms with Gasteiger partial charge in [-0.1, -0.05) is 24.3 Å². The molecule has 6 heteroatoms. The van der Waals surface area contributed by atoms with Gasteiger partial charge < -0.3 is 14.0 Å². The van der Waals surface area contributed by atoms with Crippen molar-refractivity contribution in [1.82, 2.24) is 19.4 Å². The summed E-state index contributed by atoms with van der Waals surface area (Å²) >= 11 is 0. The molecule has 0 N–H and O–H groups in total. The third-order valence-corrected chi connectivity index (χ3v) is 7.30. The number of likely N-dealkylation sites (tertiary alicyclic amines) is 1. The van der Waals surface area contributed by atoms with Crippen LogP contribution in [0, 0.1) is 0 Å². The highest BCUT2D eigenvalue weighted by Gasteiger charge is 2.13. The Hall–Kier alpha value is -3.48. The van der Waals surface area contributed by atoms with Crippen molar-refractivity contribution in [3.8, 4) is 17.0 Å². The molecule has 190 valence electrons. The molecular weight excluding hydrogens is 460 g/mol. The van der Waals surface area contributed by atoms with Gasteiger partial charge in [-0.05, 0) is 74.3 Å². The van der Waals surface area contributed by atoms with Gasteiger partial charge in [-0.15, -0.1) is 0 Å². The molecule has 1 saturated heterocycles. The van der Waals surface area contributed by atoms with E-state index in [4.69, 9.17) is 14.5 Å². The van der Waals surface area contributed by atoms with Gasteiger partial charge in [-0.25, -0.2) is 9.97 Å². The van der Waals surface area contributed by atoms with E-state index in [2.05, 4.69) is 75.3 Å². The zero-order valence-corrected chi connectivity index (χ0v) is 21.3. The molecular formula is C31H34N4O2. The number of hydrogen-bond donors (Lipinski definition) is 0. The average Bonchev–Trinajstić information content (AvgIpc) is 3.59. The quantitative estimate of drug-likeness (QED) is 0.344. The van der Waals surface area contributed by atoms with Crippen molar-refractivity contribution in [2.24, 2.45) is 0 Å². The van der Waals surface area contributed by atoms with Crippen LogP contribution in [0.2, 0.25) is 0 Å². The van der Waals surface area contributed by atoms with Crippen LogP contribution in [0.15, 0.2) is 73.1 Å². The number of rotatable bonds is 4. The van der Waals surface area contributed by atoms with Crippen LogP contribution in [0.25, 0.3) is 22.2 Å². The molecule has 0 unspecified atom stereocenters. The van der Waals surface area contributed by atoms with Gasteiger partial charge in [0, 0.05) is 53.9 Å². The van der Waals surface area contributed by atoms with E-state index >= 15 is 0 Å². The first kappa shape index (κ1) is 23.9.